The molecule has 0 unspecified atom stereocenters. The highest BCUT2D eigenvalue weighted by Gasteiger charge is 2.76. The number of aliphatic hydroxyl groups is 1. The molecule has 340 valence electrons. The third kappa shape index (κ3) is 7.44. The van der Waals surface area contributed by atoms with E-state index in [1.807, 2.05) is 121 Å². The Balaban J connectivity index is 1.74. The average Bonchev–Trinajstić information content (AvgIpc) is 3.63. The third-order valence-corrected chi connectivity index (χ3v) is 18.4. The molecule has 1 aliphatic rings. The van der Waals surface area contributed by atoms with Crippen molar-refractivity contribution in [3.8, 4) is 11.5 Å². The number of rotatable bonds is 14. The van der Waals surface area contributed by atoms with Gasteiger partial charge in [0.05, 0.1) is 25.0 Å². The number of nitrogen functional groups attached to an aromatic ring is 1. The number of nitrogens with two attached hydrogens (primary N) is 1. The van der Waals surface area contributed by atoms with E-state index in [4.69, 9.17) is 24.4 Å². The molecule has 0 saturated carbocycles. The van der Waals surface area contributed by atoms with Crippen molar-refractivity contribution in [2.24, 2.45) is 0 Å². The zero-order valence-electron chi connectivity index (χ0n) is 38.5. The highest BCUT2D eigenvalue weighted by molar-refractivity contribution is 6.74. The van der Waals surface area contributed by atoms with Crippen LogP contribution in [0.4, 0.5) is 10.2 Å². The Labute approximate surface area is 387 Å². The molecule has 1 aliphatic heterocycles. The molecule has 4 atom stereocenters. The molecule has 7 aromatic rings. The summed E-state index contributed by atoms with van der Waals surface area (Å²) in [5, 5.41) is 12.9. The van der Waals surface area contributed by atoms with E-state index in [1.165, 1.54) is 12.3 Å². The van der Waals surface area contributed by atoms with Gasteiger partial charge >= 0.3 is 5.69 Å². The largest absolute Gasteiger partial charge is 0.497 e. The smallest absolute Gasteiger partial charge is 0.351 e. The second-order valence-electron chi connectivity index (χ2n) is 18.4. The van der Waals surface area contributed by atoms with Crippen LogP contribution in [0.5, 0.6) is 11.5 Å². The number of aromatic nitrogens is 2. The number of anilines is 1. The summed E-state index contributed by atoms with van der Waals surface area (Å²) < 4.78 is 46.9. The number of halogens is 1. The molecular weight excluding hydrogens is 846 g/mol. The molecule has 0 aliphatic carbocycles. The summed E-state index contributed by atoms with van der Waals surface area (Å²) in [6, 6.07) is 57.4. The molecule has 1 fully saturated rings. The number of alkyl halides is 1. The summed E-state index contributed by atoms with van der Waals surface area (Å²) in [5.74, 6) is 1.21. The van der Waals surface area contributed by atoms with Crippen molar-refractivity contribution in [3.05, 3.63) is 226 Å². The van der Waals surface area contributed by atoms with Crippen LogP contribution in [0.25, 0.3) is 0 Å². The molecule has 9 nitrogen and oxygen atoms in total. The number of hydrogen-bond donors (Lipinski definition) is 2. The molecule has 0 bridgehead atoms. The summed E-state index contributed by atoms with van der Waals surface area (Å²) in [6.07, 6.45) is -5.96. The van der Waals surface area contributed by atoms with Crippen LogP contribution < -0.4 is 20.9 Å². The molecule has 0 spiro atoms. The average molecular weight is 904 g/mol. The minimum atomic E-state index is -3.29. The van der Waals surface area contributed by atoms with Crippen LogP contribution in [-0.2, 0) is 20.0 Å². The van der Waals surface area contributed by atoms with Crippen molar-refractivity contribution in [3.63, 3.8) is 0 Å². The molecule has 6 aromatic carbocycles. The van der Waals surface area contributed by atoms with Crippen molar-refractivity contribution in [2.45, 2.75) is 79.9 Å². The molecule has 0 amide bonds. The van der Waals surface area contributed by atoms with Gasteiger partial charge in [-0.25, -0.2) is 9.18 Å². The summed E-state index contributed by atoms with van der Waals surface area (Å²) in [6.45, 7) is 10.8. The SMILES string of the molecule is COc1ccc(C(c2ccccc2)(c2ccccc2)C(O[Si](C)(C)C(C)(C)C)([C@H]2O[C@@H](n3ccc(N)nc3=O)[C@H](F)[C@@H]2O)C(c2ccccc2)(c2ccccc2)c2ccc(OC)cc2)cc1. The van der Waals surface area contributed by atoms with Gasteiger partial charge in [0.25, 0.3) is 0 Å². The second kappa shape index (κ2) is 18.1. The lowest BCUT2D eigenvalue weighted by atomic mass is 9.44. The lowest BCUT2D eigenvalue weighted by Crippen LogP contribution is -2.77. The van der Waals surface area contributed by atoms with E-state index in [0.29, 0.717) is 11.5 Å². The molecule has 1 aromatic heterocycles. The van der Waals surface area contributed by atoms with Gasteiger partial charge in [0.15, 0.2) is 20.7 Å². The topological polar surface area (TPSA) is 118 Å². The molecule has 66 heavy (non-hydrogen) atoms. The van der Waals surface area contributed by atoms with Crippen molar-refractivity contribution in [1.82, 2.24) is 9.55 Å². The third-order valence-electron chi connectivity index (χ3n) is 13.9. The van der Waals surface area contributed by atoms with E-state index in [-0.39, 0.29) is 5.82 Å². The number of aliphatic hydroxyl groups excluding tert-OH is 1. The Kier molecular flexibility index (Phi) is 12.7. The maximum atomic E-state index is 18.1. The number of hydrogen-bond acceptors (Lipinski definition) is 8. The van der Waals surface area contributed by atoms with Crippen molar-refractivity contribution >= 4 is 14.1 Å². The zero-order valence-corrected chi connectivity index (χ0v) is 39.5. The maximum Gasteiger partial charge on any atom is 0.351 e. The van der Waals surface area contributed by atoms with Crippen LogP contribution in [-0.4, -0.2) is 61.2 Å². The first-order valence-electron chi connectivity index (χ1n) is 22.2. The summed E-state index contributed by atoms with van der Waals surface area (Å²) in [7, 11) is -0.0434. The van der Waals surface area contributed by atoms with Crippen LogP contribution >= 0.6 is 0 Å². The van der Waals surface area contributed by atoms with Crippen LogP contribution in [0.1, 0.15) is 60.4 Å². The highest BCUT2D eigenvalue weighted by atomic mass is 28.4. The van der Waals surface area contributed by atoms with Crippen molar-refractivity contribution < 1.29 is 28.1 Å². The fourth-order valence-corrected chi connectivity index (χ4v) is 11.5. The standard InChI is InChI=1S/C55H58FN3O6Si/c1-52(2,3)66(6,7)65-55(49-48(60)47(56)50(64-49)59-37-36-46(57)58-51(59)61,53(38-20-12-8-13-21-38,39-22-14-9-15-23-39)42-28-32-44(62-4)33-29-42)54(40-24-16-10-17-25-40,41-26-18-11-19-27-41)43-30-34-45(63-5)35-31-43/h8-37,47-50,60H,1-7H3,(H2,57,58,61)/t47-,48+,49+,50-/m1/s1. The molecular formula is C55H58FN3O6Si. The van der Waals surface area contributed by atoms with E-state index < -0.39 is 60.1 Å². The maximum absolute atomic E-state index is 18.1. The van der Waals surface area contributed by atoms with Gasteiger partial charge in [0.2, 0.25) is 0 Å². The van der Waals surface area contributed by atoms with Gasteiger partial charge in [-0.3, -0.25) is 4.57 Å². The number of ether oxygens (including phenoxy) is 3. The summed E-state index contributed by atoms with van der Waals surface area (Å²) in [4.78, 5) is 17.8. The predicted molar refractivity (Wildman–Crippen MR) is 260 cm³/mol. The number of methoxy groups -OCH3 is 2. The van der Waals surface area contributed by atoms with E-state index in [2.05, 4.69) is 87.4 Å². The van der Waals surface area contributed by atoms with Crippen LogP contribution in [0.3, 0.4) is 0 Å². The van der Waals surface area contributed by atoms with E-state index >= 15 is 4.39 Å². The van der Waals surface area contributed by atoms with Gasteiger partial charge in [-0.1, -0.05) is 166 Å². The fourth-order valence-electron chi connectivity index (χ4n) is 10.0. The predicted octanol–water partition coefficient (Wildman–Crippen LogP) is 10.3. The normalized spacial score (nSPS) is 18.2. The lowest BCUT2D eigenvalue weighted by Gasteiger charge is -2.66. The minimum Gasteiger partial charge on any atom is -0.497 e. The van der Waals surface area contributed by atoms with Gasteiger partial charge in [-0.2, -0.15) is 4.98 Å². The molecule has 1 saturated heterocycles. The first-order valence-corrected chi connectivity index (χ1v) is 25.1. The number of benzene rings is 6. The van der Waals surface area contributed by atoms with Gasteiger partial charge in [0.1, 0.15) is 35.1 Å². The minimum absolute atomic E-state index is 0.0317. The van der Waals surface area contributed by atoms with Gasteiger partial charge < -0.3 is 29.5 Å². The fraction of sp³-hybridized carbons (Fsp3) is 0.273. The Morgan fingerprint density at radius 3 is 1.32 bits per heavy atom. The molecule has 0 radical (unpaired) electrons. The Morgan fingerprint density at radius 1 is 0.621 bits per heavy atom. The van der Waals surface area contributed by atoms with E-state index in [1.54, 1.807) is 14.2 Å². The molecule has 8 rings (SSSR count). The van der Waals surface area contributed by atoms with Crippen LogP contribution in [0.2, 0.25) is 18.1 Å². The quantitative estimate of drug-likeness (QED) is 0.0819. The second-order valence-corrected chi connectivity index (χ2v) is 23.2. The molecule has 3 N–H and O–H groups in total. The zero-order chi connectivity index (χ0) is 46.9. The van der Waals surface area contributed by atoms with Gasteiger partial charge in [-0.05, 0) is 81.8 Å². The monoisotopic (exact) mass is 903 g/mol. The van der Waals surface area contributed by atoms with Gasteiger partial charge in [0, 0.05) is 6.20 Å². The first kappa shape index (κ1) is 46.2. The summed E-state index contributed by atoms with van der Waals surface area (Å²) >= 11 is 0. The van der Waals surface area contributed by atoms with Crippen molar-refractivity contribution in [1.29, 1.82) is 0 Å². The Morgan fingerprint density at radius 2 is 0.985 bits per heavy atom. The van der Waals surface area contributed by atoms with Crippen molar-refractivity contribution in [2.75, 3.05) is 20.0 Å². The van der Waals surface area contributed by atoms with Crippen LogP contribution in [0, 0.1) is 0 Å². The highest BCUT2D eigenvalue weighted by Crippen LogP contribution is 2.67. The molecule has 2 heterocycles. The Bertz CT molecular complexity index is 2560. The van der Waals surface area contributed by atoms with Crippen LogP contribution in [0.15, 0.2) is 187 Å². The summed E-state index contributed by atoms with van der Waals surface area (Å²) in [5.41, 5.74) is 4.65. The first-order chi connectivity index (χ1) is 31.7. The van der Waals surface area contributed by atoms with Gasteiger partial charge in [-0.15, -0.1) is 0 Å². The Hall–Kier alpha value is -6.37. The molecule has 11 heteroatoms. The lowest BCUT2D eigenvalue weighted by molar-refractivity contribution is -0.175. The van der Waals surface area contributed by atoms with E-state index in [0.717, 1.165) is 37.9 Å². The van der Waals surface area contributed by atoms with E-state index in [9.17, 15) is 9.90 Å². The number of nitrogens with zero attached hydrogens (tertiary/aromatic N) is 2.